The average molecular weight is 426 g/mol. The molecule has 0 saturated heterocycles. The molecule has 1 aromatic carbocycles. The summed E-state index contributed by atoms with van der Waals surface area (Å²) in [6.07, 6.45) is 26.8. The summed E-state index contributed by atoms with van der Waals surface area (Å²) in [6.45, 7) is 6.76. The van der Waals surface area contributed by atoms with Gasteiger partial charge >= 0.3 is 0 Å². The van der Waals surface area contributed by atoms with Crippen LogP contribution in [0.25, 0.3) is 0 Å². The average Bonchev–Trinajstić information content (AvgIpc) is 3.17. The fourth-order valence-electron chi connectivity index (χ4n) is 4.55. The lowest BCUT2D eigenvalue weighted by Gasteiger charge is -2.06. The van der Waals surface area contributed by atoms with Crippen molar-refractivity contribution in [1.29, 1.82) is 0 Å². The van der Waals surface area contributed by atoms with Gasteiger partial charge in [0.1, 0.15) is 18.9 Å². The standard InChI is InChI=1S/C29H49N2/c1-3-5-7-8-9-10-11-12-13-14-15-16-20-24-30-25-26-31(29(30)23-6-4-2)27-28-21-18-17-19-22-28/h17-19,21-22,25-26H,3-16,20,23-24,27H2,1-2H3/q+1. The van der Waals surface area contributed by atoms with E-state index in [4.69, 9.17) is 0 Å². The zero-order valence-electron chi connectivity index (χ0n) is 20.7. The van der Waals surface area contributed by atoms with Gasteiger partial charge in [0.15, 0.2) is 0 Å². The molecule has 0 N–H and O–H groups in total. The van der Waals surface area contributed by atoms with Crippen molar-refractivity contribution in [3.8, 4) is 0 Å². The van der Waals surface area contributed by atoms with Crippen molar-refractivity contribution in [3.05, 3.63) is 54.1 Å². The molecule has 0 aliphatic heterocycles. The maximum absolute atomic E-state index is 2.52. The summed E-state index contributed by atoms with van der Waals surface area (Å²) in [5, 5.41) is 0. The van der Waals surface area contributed by atoms with Crippen LogP contribution >= 0.6 is 0 Å². The molecule has 0 spiro atoms. The first-order chi connectivity index (χ1) is 15.3. The Hall–Kier alpha value is -1.57. The van der Waals surface area contributed by atoms with Crippen LogP contribution in [0, 0.1) is 0 Å². The number of rotatable bonds is 19. The van der Waals surface area contributed by atoms with E-state index in [9.17, 15) is 0 Å². The highest BCUT2D eigenvalue weighted by atomic mass is 15.1. The molecule has 0 amide bonds. The maximum Gasteiger partial charge on any atom is 0.256 e. The van der Waals surface area contributed by atoms with E-state index in [0.717, 1.165) is 6.54 Å². The number of aryl methyl sites for hydroxylation is 1. The van der Waals surface area contributed by atoms with Gasteiger partial charge in [-0.2, -0.15) is 0 Å². The highest BCUT2D eigenvalue weighted by Crippen LogP contribution is 2.13. The van der Waals surface area contributed by atoms with E-state index in [0.29, 0.717) is 0 Å². The van der Waals surface area contributed by atoms with Crippen LogP contribution in [0.5, 0.6) is 0 Å². The first-order valence-corrected chi connectivity index (χ1v) is 13.5. The van der Waals surface area contributed by atoms with Crippen LogP contribution < -0.4 is 4.57 Å². The van der Waals surface area contributed by atoms with Gasteiger partial charge in [-0.15, -0.1) is 0 Å². The van der Waals surface area contributed by atoms with Crippen LogP contribution in [0.4, 0.5) is 0 Å². The Morgan fingerprint density at radius 2 is 1.19 bits per heavy atom. The summed E-state index contributed by atoms with van der Waals surface area (Å²) in [4.78, 5) is 0. The van der Waals surface area contributed by atoms with Crippen molar-refractivity contribution >= 4 is 0 Å². The number of benzene rings is 1. The first-order valence-electron chi connectivity index (χ1n) is 13.5. The second-order valence-electron chi connectivity index (χ2n) is 9.37. The predicted octanol–water partition coefficient (Wildman–Crippen LogP) is 8.26. The lowest BCUT2D eigenvalue weighted by molar-refractivity contribution is -0.695. The van der Waals surface area contributed by atoms with Gasteiger partial charge in [-0.3, -0.25) is 0 Å². The highest BCUT2D eigenvalue weighted by Gasteiger charge is 2.16. The smallest absolute Gasteiger partial charge is 0.234 e. The Labute approximate surface area is 193 Å². The van der Waals surface area contributed by atoms with Crippen LogP contribution in [0.1, 0.15) is 122 Å². The third-order valence-corrected chi connectivity index (χ3v) is 6.54. The molecule has 1 aromatic heterocycles. The van der Waals surface area contributed by atoms with Gasteiger partial charge in [0.05, 0.1) is 6.54 Å². The van der Waals surface area contributed by atoms with Gasteiger partial charge in [0.2, 0.25) is 0 Å². The molecule has 0 saturated carbocycles. The number of hydrogen-bond acceptors (Lipinski definition) is 0. The number of nitrogens with zero attached hydrogens (tertiary/aromatic N) is 2. The third-order valence-electron chi connectivity index (χ3n) is 6.54. The monoisotopic (exact) mass is 425 g/mol. The lowest BCUT2D eigenvalue weighted by Crippen LogP contribution is -2.37. The van der Waals surface area contributed by atoms with E-state index in [1.54, 1.807) is 0 Å². The molecule has 2 nitrogen and oxygen atoms in total. The third kappa shape index (κ3) is 11.0. The Balaban J connectivity index is 1.61. The van der Waals surface area contributed by atoms with Crippen LogP contribution in [-0.2, 0) is 19.5 Å². The minimum absolute atomic E-state index is 0.992. The summed E-state index contributed by atoms with van der Waals surface area (Å²) in [6, 6.07) is 10.9. The van der Waals surface area contributed by atoms with Crippen LogP contribution in [0.15, 0.2) is 42.7 Å². The van der Waals surface area contributed by atoms with Crippen molar-refractivity contribution in [2.24, 2.45) is 0 Å². The van der Waals surface area contributed by atoms with E-state index in [-0.39, 0.29) is 0 Å². The number of aromatic nitrogens is 2. The molecule has 2 aromatic rings. The fourth-order valence-corrected chi connectivity index (χ4v) is 4.55. The minimum Gasteiger partial charge on any atom is -0.234 e. The molecular formula is C29H49N2+. The van der Waals surface area contributed by atoms with Crippen molar-refractivity contribution in [1.82, 2.24) is 4.57 Å². The second kappa shape index (κ2) is 17.0. The van der Waals surface area contributed by atoms with Gasteiger partial charge in [-0.05, 0) is 24.8 Å². The summed E-state index contributed by atoms with van der Waals surface area (Å²) < 4.78 is 4.99. The number of imidazole rings is 1. The molecule has 174 valence electrons. The van der Waals surface area contributed by atoms with E-state index in [1.165, 1.54) is 121 Å². The van der Waals surface area contributed by atoms with Crippen molar-refractivity contribution in [3.63, 3.8) is 0 Å². The Kier molecular flexibility index (Phi) is 14.1. The van der Waals surface area contributed by atoms with Crippen molar-refractivity contribution < 1.29 is 4.57 Å². The molecule has 0 fully saturated rings. The van der Waals surface area contributed by atoms with Crippen molar-refractivity contribution in [2.75, 3.05) is 0 Å². The van der Waals surface area contributed by atoms with Crippen LogP contribution in [0.3, 0.4) is 0 Å². The largest absolute Gasteiger partial charge is 0.256 e. The van der Waals surface area contributed by atoms with E-state index in [1.807, 2.05) is 0 Å². The van der Waals surface area contributed by atoms with Crippen LogP contribution in [-0.4, -0.2) is 4.57 Å². The normalized spacial score (nSPS) is 11.3. The molecule has 0 radical (unpaired) electrons. The van der Waals surface area contributed by atoms with Gasteiger partial charge in [-0.1, -0.05) is 121 Å². The SMILES string of the molecule is CCCCCCCCCCCCCCCn1cc[n+](Cc2ccccc2)c1CCCC. The topological polar surface area (TPSA) is 8.81 Å². The fraction of sp³-hybridized carbons (Fsp3) is 0.690. The Morgan fingerprint density at radius 3 is 1.77 bits per heavy atom. The van der Waals surface area contributed by atoms with E-state index in [2.05, 4.69) is 65.7 Å². The van der Waals surface area contributed by atoms with Crippen LogP contribution in [0.2, 0.25) is 0 Å². The molecule has 0 atom stereocenters. The van der Waals surface area contributed by atoms with Crippen molar-refractivity contribution in [2.45, 2.75) is 130 Å². The second-order valence-corrected chi connectivity index (χ2v) is 9.37. The zero-order chi connectivity index (χ0) is 22.0. The summed E-state index contributed by atoms with van der Waals surface area (Å²) in [7, 11) is 0. The number of unbranched alkanes of at least 4 members (excludes halogenated alkanes) is 13. The molecule has 0 unspecified atom stereocenters. The summed E-state index contributed by atoms with van der Waals surface area (Å²) in [5.41, 5.74) is 1.39. The Morgan fingerprint density at radius 1 is 0.645 bits per heavy atom. The van der Waals surface area contributed by atoms with Gasteiger partial charge in [0.25, 0.3) is 5.82 Å². The molecule has 31 heavy (non-hydrogen) atoms. The molecule has 2 rings (SSSR count). The summed E-state index contributed by atoms with van der Waals surface area (Å²) in [5.74, 6) is 1.50. The minimum atomic E-state index is 0.992. The zero-order valence-corrected chi connectivity index (χ0v) is 20.7. The molecular weight excluding hydrogens is 376 g/mol. The number of hydrogen-bond donors (Lipinski definition) is 0. The lowest BCUT2D eigenvalue weighted by atomic mass is 10.0. The van der Waals surface area contributed by atoms with Gasteiger partial charge in [-0.25, -0.2) is 9.13 Å². The molecule has 0 aliphatic rings. The highest BCUT2D eigenvalue weighted by molar-refractivity contribution is 5.13. The first kappa shape index (κ1) is 25.7. The van der Waals surface area contributed by atoms with Gasteiger partial charge in [0, 0.05) is 6.42 Å². The molecule has 0 bridgehead atoms. The quantitative estimate of drug-likeness (QED) is 0.158. The summed E-state index contributed by atoms with van der Waals surface area (Å²) >= 11 is 0. The van der Waals surface area contributed by atoms with Gasteiger partial charge < -0.3 is 0 Å². The maximum atomic E-state index is 2.52. The predicted molar refractivity (Wildman–Crippen MR) is 134 cm³/mol. The molecule has 1 heterocycles. The molecule has 0 aliphatic carbocycles. The Bertz CT molecular complexity index is 659. The molecule has 2 heteroatoms. The van der Waals surface area contributed by atoms with E-state index < -0.39 is 0 Å². The van der Waals surface area contributed by atoms with E-state index >= 15 is 0 Å².